The summed E-state index contributed by atoms with van der Waals surface area (Å²) in [5.74, 6) is 2.83. The Morgan fingerprint density at radius 1 is 1.00 bits per heavy atom. The zero-order valence-electron chi connectivity index (χ0n) is 15.1. The first-order valence-electron chi connectivity index (χ1n) is 9.09. The lowest BCUT2D eigenvalue weighted by molar-refractivity contribution is -0.137. The number of nitrogen functional groups attached to an aromatic ring is 1. The van der Waals surface area contributed by atoms with Gasteiger partial charge in [-0.05, 0) is 19.4 Å². The summed E-state index contributed by atoms with van der Waals surface area (Å²) in [6, 6.07) is 2.03. The maximum atomic E-state index is 12.4. The molecule has 0 unspecified atom stereocenters. The van der Waals surface area contributed by atoms with E-state index in [9.17, 15) is 4.79 Å². The number of carbonyl (C=O) groups is 1. The van der Waals surface area contributed by atoms with Crippen molar-refractivity contribution in [2.75, 3.05) is 75.4 Å². The van der Waals surface area contributed by atoms with Crippen LogP contribution in [-0.4, -0.2) is 85.6 Å². The number of amides is 1. The highest BCUT2D eigenvalue weighted by atomic mass is 16.2. The van der Waals surface area contributed by atoms with Crippen molar-refractivity contribution in [2.45, 2.75) is 6.42 Å². The highest BCUT2D eigenvalue weighted by molar-refractivity contribution is 5.81. The maximum absolute atomic E-state index is 12.4. The summed E-state index contributed by atoms with van der Waals surface area (Å²) in [5.41, 5.74) is 6.00. The summed E-state index contributed by atoms with van der Waals surface area (Å²) in [6.07, 6.45) is 1.06. The lowest BCUT2D eigenvalue weighted by Gasteiger charge is -2.33. The van der Waals surface area contributed by atoms with E-state index in [0.29, 0.717) is 11.9 Å². The van der Waals surface area contributed by atoms with Crippen LogP contribution in [0.4, 0.5) is 17.6 Å². The third-order valence-electron chi connectivity index (χ3n) is 5.84. The van der Waals surface area contributed by atoms with Crippen molar-refractivity contribution in [3.05, 3.63) is 6.07 Å². The van der Waals surface area contributed by atoms with Crippen LogP contribution in [0.2, 0.25) is 0 Å². The van der Waals surface area contributed by atoms with E-state index in [-0.39, 0.29) is 11.8 Å². The SMILES string of the molecule is CN1CCN(c2cc(N3C[C@H]4CCN(C)C(=O)[C@H]4C3)nc(N)n2)CC1. The van der Waals surface area contributed by atoms with Gasteiger partial charge < -0.3 is 25.3 Å². The van der Waals surface area contributed by atoms with E-state index < -0.39 is 0 Å². The van der Waals surface area contributed by atoms with Crippen LogP contribution in [-0.2, 0) is 4.79 Å². The number of fused-ring (bicyclic) bond motifs is 1. The van der Waals surface area contributed by atoms with Gasteiger partial charge in [-0.15, -0.1) is 0 Å². The molecule has 0 saturated carbocycles. The van der Waals surface area contributed by atoms with Crippen LogP contribution >= 0.6 is 0 Å². The highest BCUT2D eigenvalue weighted by Crippen LogP contribution is 2.34. The number of aromatic nitrogens is 2. The molecule has 136 valence electrons. The molecule has 25 heavy (non-hydrogen) atoms. The van der Waals surface area contributed by atoms with Crippen LogP contribution in [0.15, 0.2) is 6.07 Å². The standard InChI is InChI=1S/C17H27N7O/c1-21-5-7-23(8-6-21)14-9-15(20-17(18)19-14)24-10-12-3-4-22(2)16(25)13(12)11-24/h9,12-13H,3-8,10-11H2,1-2H3,(H2,18,19,20)/t12-,13+/m1/s1. The molecule has 1 amide bonds. The zero-order valence-corrected chi connectivity index (χ0v) is 15.1. The monoisotopic (exact) mass is 345 g/mol. The van der Waals surface area contributed by atoms with Gasteiger partial charge in [0.2, 0.25) is 11.9 Å². The van der Waals surface area contributed by atoms with E-state index >= 15 is 0 Å². The van der Waals surface area contributed by atoms with Crippen LogP contribution in [0.1, 0.15) is 6.42 Å². The minimum atomic E-state index is 0.0852. The molecular formula is C17H27N7O. The van der Waals surface area contributed by atoms with Crippen molar-refractivity contribution in [3.63, 3.8) is 0 Å². The van der Waals surface area contributed by atoms with Gasteiger partial charge in [-0.3, -0.25) is 4.79 Å². The molecule has 0 radical (unpaired) electrons. The molecule has 1 aromatic rings. The van der Waals surface area contributed by atoms with E-state index in [1.54, 1.807) is 0 Å². The number of piperidine rings is 1. The second kappa shape index (κ2) is 6.33. The van der Waals surface area contributed by atoms with Crippen molar-refractivity contribution >= 4 is 23.5 Å². The summed E-state index contributed by atoms with van der Waals surface area (Å²) in [7, 11) is 4.03. The highest BCUT2D eigenvalue weighted by Gasteiger charge is 2.42. The Kier molecular flexibility index (Phi) is 4.15. The Hall–Kier alpha value is -2.09. The first-order chi connectivity index (χ1) is 12.0. The number of nitrogens with two attached hydrogens (primary N) is 1. The molecule has 0 aromatic carbocycles. The normalized spacial score (nSPS) is 27.8. The number of hydrogen-bond acceptors (Lipinski definition) is 7. The molecule has 4 rings (SSSR count). The average molecular weight is 345 g/mol. The largest absolute Gasteiger partial charge is 0.368 e. The van der Waals surface area contributed by atoms with Crippen molar-refractivity contribution in [3.8, 4) is 0 Å². The van der Waals surface area contributed by atoms with Gasteiger partial charge in [-0.25, -0.2) is 0 Å². The number of nitrogens with zero attached hydrogens (tertiary/aromatic N) is 6. The number of piperazine rings is 1. The maximum Gasteiger partial charge on any atom is 0.227 e. The topological polar surface area (TPSA) is 81.8 Å². The zero-order chi connectivity index (χ0) is 17.6. The van der Waals surface area contributed by atoms with Gasteiger partial charge in [-0.2, -0.15) is 9.97 Å². The third kappa shape index (κ3) is 3.10. The molecule has 1 aromatic heterocycles. The Morgan fingerprint density at radius 2 is 1.68 bits per heavy atom. The van der Waals surface area contributed by atoms with Crippen molar-refractivity contribution in [1.29, 1.82) is 0 Å². The number of hydrogen-bond donors (Lipinski definition) is 1. The van der Waals surface area contributed by atoms with Gasteiger partial charge in [0, 0.05) is 58.9 Å². The van der Waals surface area contributed by atoms with Crippen LogP contribution in [0.3, 0.4) is 0 Å². The molecule has 3 saturated heterocycles. The lowest BCUT2D eigenvalue weighted by atomic mass is 9.88. The Labute approximate surface area is 148 Å². The fraction of sp³-hybridized carbons (Fsp3) is 0.706. The third-order valence-corrected chi connectivity index (χ3v) is 5.84. The quantitative estimate of drug-likeness (QED) is 0.790. The fourth-order valence-electron chi connectivity index (χ4n) is 4.18. The van der Waals surface area contributed by atoms with Gasteiger partial charge in [0.15, 0.2) is 0 Å². The lowest BCUT2D eigenvalue weighted by Crippen LogP contribution is -2.45. The molecule has 2 N–H and O–H groups in total. The predicted molar refractivity (Wildman–Crippen MR) is 97.6 cm³/mol. The van der Waals surface area contributed by atoms with E-state index in [0.717, 1.165) is 63.9 Å². The van der Waals surface area contributed by atoms with Crippen LogP contribution in [0.5, 0.6) is 0 Å². The summed E-state index contributed by atoms with van der Waals surface area (Å²) >= 11 is 0. The van der Waals surface area contributed by atoms with Gasteiger partial charge >= 0.3 is 0 Å². The van der Waals surface area contributed by atoms with Crippen LogP contribution in [0, 0.1) is 11.8 Å². The van der Waals surface area contributed by atoms with Gasteiger partial charge in [0.25, 0.3) is 0 Å². The van der Waals surface area contributed by atoms with Crippen LogP contribution in [0.25, 0.3) is 0 Å². The molecule has 0 aliphatic carbocycles. The second-order valence-electron chi connectivity index (χ2n) is 7.55. The first kappa shape index (κ1) is 16.4. The molecule has 0 bridgehead atoms. The van der Waals surface area contributed by atoms with E-state index in [2.05, 4.69) is 31.7 Å². The number of rotatable bonds is 2. The molecule has 4 heterocycles. The minimum absolute atomic E-state index is 0.0852. The Bertz CT molecular complexity index is 658. The van der Waals surface area contributed by atoms with E-state index in [4.69, 9.17) is 5.73 Å². The summed E-state index contributed by atoms with van der Waals surface area (Å²) < 4.78 is 0. The van der Waals surface area contributed by atoms with Gasteiger partial charge in [-0.1, -0.05) is 0 Å². The van der Waals surface area contributed by atoms with Crippen molar-refractivity contribution < 1.29 is 4.79 Å². The average Bonchev–Trinajstić information content (AvgIpc) is 3.03. The van der Waals surface area contributed by atoms with E-state index in [1.165, 1.54) is 0 Å². The molecule has 8 nitrogen and oxygen atoms in total. The molecule has 3 aliphatic rings. The number of carbonyl (C=O) groups excluding carboxylic acids is 1. The molecular weight excluding hydrogens is 318 g/mol. The fourth-order valence-corrected chi connectivity index (χ4v) is 4.18. The molecule has 0 spiro atoms. The van der Waals surface area contributed by atoms with E-state index in [1.807, 2.05) is 18.0 Å². The first-order valence-corrected chi connectivity index (χ1v) is 9.09. The second-order valence-corrected chi connectivity index (χ2v) is 7.55. The summed E-state index contributed by atoms with van der Waals surface area (Å²) in [4.78, 5) is 30.0. The molecule has 3 fully saturated rings. The minimum Gasteiger partial charge on any atom is -0.368 e. The van der Waals surface area contributed by atoms with Gasteiger partial charge in [0.1, 0.15) is 11.6 Å². The molecule has 3 aliphatic heterocycles. The van der Waals surface area contributed by atoms with Gasteiger partial charge in [0.05, 0.1) is 5.92 Å². The summed E-state index contributed by atoms with van der Waals surface area (Å²) in [6.45, 7) is 6.39. The number of likely N-dealkylation sites (N-methyl/N-ethyl adjacent to an activating group) is 1. The number of anilines is 3. The van der Waals surface area contributed by atoms with Crippen molar-refractivity contribution in [2.24, 2.45) is 11.8 Å². The molecule has 2 atom stereocenters. The Balaban J connectivity index is 1.54. The predicted octanol–water partition coefficient (Wildman–Crippen LogP) is -0.275. The van der Waals surface area contributed by atoms with Crippen molar-refractivity contribution in [1.82, 2.24) is 19.8 Å². The Morgan fingerprint density at radius 3 is 2.40 bits per heavy atom. The van der Waals surface area contributed by atoms with Crippen LogP contribution < -0.4 is 15.5 Å². The summed E-state index contributed by atoms with van der Waals surface area (Å²) in [5, 5.41) is 0. The smallest absolute Gasteiger partial charge is 0.227 e. The molecule has 8 heteroatoms. The number of likely N-dealkylation sites (tertiary alicyclic amines) is 1.